The molecule has 1 aromatic heterocycles. The number of rotatable bonds is 3. The SMILES string of the molecule is O=C1c2cccnc2S(=O)(=O)N1CC1(CS)CCC1. The molecular formula is C12H14N2O3S2. The predicted octanol–water partition coefficient (Wildman–Crippen LogP) is 1.33. The predicted molar refractivity (Wildman–Crippen MR) is 72.6 cm³/mol. The Balaban J connectivity index is 1.99. The van der Waals surface area contributed by atoms with Crippen LogP contribution >= 0.6 is 12.6 Å². The van der Waals surface area contributed by atoms with Crippen molar-refractivity contribution < 1.29 is 13.2 Å². The lowest BCUT2D eigenvalue weighted by Gasteiger charge is -2.42. The van der Waals surface area contributed by atoms with Crippen LogP contribution in [-0.2, 0) is 10.0 Å². The number of fused-ring (bicyclic) bond motifs is 1. The summed E-state index contributed by atoms with van der Waals surface area (Å²) in [6.07, 6.45) is 4.29. The van der Waals surface area contributed by atoms with Gasteiger partial charge in [-0.3, -0.25) is 4.79 Å². The van der Waals surface area contributed by atoms with E-state index in [2.05, 4.69) is 17.6 Å². The summed E-state index contributed by atoms with van der Waals surface area (Å²) in [4.78, 5) is 16.1. The summed E-state index contributed by atoms with van der Waals surface area (Å²) >= 11 is 4.30. The Kier molecular flexibility index (Phi) is 2.86. The minimum absolute atomic E-state index is 0.117. The molecule has 19 heavy (non-hydrogen) atoms. The van der Waals surface area contributed by atoms with Crippen molar-refractivity contribution in [1.29, 1.82) is 0 Å². The first-order valence-corrected chi connectivity index (χ1v) is 8.20. The molecule has 3 rings (SSSR count). The van der Waals surface area contributed by atoms with Gasteiger partial charge >= 0.3 is 0 Å². The maximum Gasteiger partial charge on any atom is 0.285 e. The molecule has 0 bridgehead atoms. The summed E-state index contributed by atoms with van der Waals surface area (Å²) in [5, 5.41) is -0.117. The maximum atomic E-state index is 12.3. The summed E-state index contributed by atoms with van der Waals surface area (Å²) in [6, 6.07) is 3.09. The molecule has 1 saturated carbocycles. The lowest BCUT2D eigenvalue weighted by molar-refractivity contribution is 0.0749. The Bertz CT molecular complexity index is 633. The number of thiol groups is 1. The van der Waals surface area contributed by atoms with E-state index in [9.17, 15) is 13.2 Å². The Morgan fingerprint density at radius 3 is 2.68 bits per heavy atom. The van der Waals surface area contributed by atoms with Crippen LogP contribution in [0.15, 0.2) is 23.4 Å². The fraction of sp³-hybridized carbons (Fsp3) is 0.500. The molecule has 102 valence electrons. The second kappa shape index (κ2) is 4.21. The zero-order valence-corrected chi connectivity index (χ0v) is 12.0. The largest absolute Gasteiger partial charge is 0.285 e. The number of carbonyl (C=O) groups excluding carboxylic acids is 1. The molecule has 0 unspecified atom stereocenters. The van der Waals surface area contributed by atoms with Gasteiger partial charge in [0, 0.05) is 12.7 Å². The molecule has 1 fully saturated rings. The molecule has 0 aromatic carbocycles. The molecular weight excluding hydrogens is 284 g/mol. The standard InChI is InChI=1S/C12H14N2O3S2/c15-11-9-3-1-6-13-10(9)19(16,17)14(11)7-12(8-18)4-2-5-12/h1,3,6,18H,2,4-5,7-8H2. The molecule has 0 saturated heterocycles. The molecule has 2 aliphatic rings. The monoisotopic (exact) mass is 298 g/mol. The van der Waals surface area contributed by atoms with Gasteiger partial charge < -0.3 is 0 Å². The summed E-state index contributed by atoms with van der Waals surface area (Å²) < 4.78 is 25.7. The first-order chi connectivity index (χ1) is 9.00. The van der Waals surface area contributed by atoms with Crippen molar-refractivity contribution in [3.05, 3.63) is 23.9 Å². The van der Waals surface area contributed by atoms with E-state index >= 15 is 0 Å². The Morgan fingerprint density at radius 2 is 2.16 bits per heavy atom. The third kappa shape index (κ3) is 1.79. The van der Waals surface area contributed by atoms with E-state index in [1.807, 2.05) is 0 Å². The van der Waals surface area contributed by atoms with Gasteiger partial charge in [0.2, 0.25) is 0 Å². The summed E-state index contributed by atoms with van der Waals surface area (Å²) in [7, 11) is -3.78. The number of hydrogen-bond acceptors (Lipinski definition) is 5. The van der Waals surface area contributed by atoms with Gasteiger partial charge in [-0.2, -0.15) is 21.0 Å². The van der Waals surface area contributed by atoms with Crippen molar-refractivity contribution in [2.75, 3.05) is 12.3 Å². The zero-order chi connectivity index (χ0) is 13.7. The lowest BCUT2D eigenvalue weighted by Crippen LogP contribution is -2.45. The van der Waals surface area contributed by atoms with Crippen LogP contribution in [0.3, 0.4) is 0 Å². The number of pyridine rings is 1. The average Bonchev–Trinajstić information content (AvgIpc) is 2.55. The number of sulfonamides is 1. The second-order valence-corrected chi connectivity index (χ2v) is 7.28. The number of carbonyl (C=O) groups is 1. The van der Waals surface area contributed by atoms with Crippen LogP contribution in [0.4, 0.5) is 0 Å². The Morgan fingerprint density at radius 1 is 1.42 bits per heavy atom. The highest BCUT2D eigenvalue weighted by atomic mass is 32.2. The van der Waals surface area contributed by atoms with Gasteiger partial charge in [-0.25, -0.2) is 9.29 Å². The minimum Gasteiger partial charge on any atom is -0.268 e. The molecule has 1 aliphatic carbocycles. The van der Waals surface area contributed by atoms with Gasteiger partial charge in [0.05, 0.1) is 5.56 Å². The van der Waals surface area contributed by atoms with E-state index in [4.69, 9.17) is 0 Å². The van der Waals surface area contributed by atoms with E-state index in [0.29, 0.717) is 5.75 Å². The molecule has 7 heteroatoms. The third-order valence-corrected chi connectivity index (χ3v) is 6.35. The fourth-order valence-electron chi connectivity index (χ4n) is 2.61. The van der Waals surface area contributed by atoms with Crippen LogP contribution in [0, 0.1) is 5.41 Å². The fourth-order valence-corrected chi connectivity index (χ4v) is 4.62. The topological polar surface area (TPSA) is 67.3 Å². The van der Waals surface area contributed by atoms with E-state index in [-0.39, 0.29) is 22.5 Å². The highest BCUT2D eigenvalue weighted by Gasteiger charge is 2.48. The number of nitrogens with zero attached hydrogens (tertiary/aromatic N) is 2. The molecule has 1 amide bonds. The smallest absolute Gasteiger partial charge is 0.268 e. The number of aromatic nitrogens is 1. The molecule has 5 nitrogen and oxygen atoms in total. The zero-order valence-electron chi connectivity index (χ0n) is 10.2. The van der Waals surface area contributed by atoms with Crippen LogP contribution in [0.25, 0.3) is 0 Å². The van der Waals surface area contributed by atoms with Crippen LogP contribution in [-0.4, -0.2) is 35.9 Å². The molecule has 2 heterocycles. The molecule has 1 aliphatic heterocycles. The quantitative estimate of drug-likeness (QED) is 0.855. The first-order valence-electron chi connectivity index (χ1n) is 6.13. The van der Waals surface area contributed by atoms with E-state index in [1.165, 1.54) is 12.3 Å². The summed E-state index contributed by atoms with van der Waals surface area (Å²) in [5.41, 5.74) is 0.0181. The first kappa shape index (κ1) is 12.9. The molecule has 0 spiro atoms. The summed E-state index contributed by atoms with van der Waals surface area (Å²) in [6.45, 7) is 0.216. The van der Waals surface area contributed by atoms with E-state index < -0.39 is 15.9 Å². The van der Waals surface area contributed by atoms with Crippen molar-refractivity contribution in [2.45, 2.75) is 24.3 Å². The van der Waals surface area contributed by atoms with Crippen LogP contribution in [0.1, 0.15) is 29.6 Å². The van der Waals surface area contributed by atoms with Gasteiger partial charge in [0.15, 0.2) is 5.03 Å². The number of amides is 1. The van der Waals surface area contributed by atoms with Crippen molar-refractivity contribution >= 4 is 28.6 Å². The molecule has 0 atom stereocenters. The van der Waals surface area contributed by atoms with Gasteiger partial charge in [-0.15, -0.1) is 0 Å². The van der Waals surface area contributed by atoms with Crippen molar-refractivity contribution in [1.82, 2.24) is 9.29 Å². The van der Waals surface area contributed by atoms with Crippen LogP contribution in [0.2, 0.25) is 0 Å². The summed E-state index contributed by atoms with van der Waals surface area (Å²) in [5.74, 6) is 0.131. The molecule has 1 aromatic rings. The highest BCUT2D eigenvalue weighted by molar-refractivity contribution is 7.90. The lowest BCUT2D eigenvalue weighted by atomic mass is 9.70. The van der Waals surface area contributed by atoms with Crippen LogP contribution in [0.5, 0.6) is 0 Å². The minimum atomic E-state index is -3.78. The molecule has 0 radical (unpaired) electrons. The van der Waals surface area contributed by atoms with E-state index in [1.54, 1.807) is 6.07 Å². The molecule has 0 N–H and O–H groups in total. The maximum absolute atomic E-state index is 12.3. The third-order valence-electron chi connectivity index (χ3n) is 3.99. The van der Waals surface area contributed by atoms with Gasteiger partial charge in [-0.1, -0.05) is 6.42 Å². The van der Waals surface area contributed by atoms with Crippen LogP contribution < -0.4 is 0 Å². The number of hydrogen-bond donors (Lipinski definition) is 1. The van der Waals surface area contributed by atoms with Gasteiger partial charge in [-0.05, 0) is 36.1 Å². The van der Waals surface area contributed by atoms with E-state index in [0.717, 1.165) is 23.6 Å². The van der Waals surface area contributed by atoms with Gasteiger partial charge in [0.25, 0.3) is 15.9 Å². The van der Waals surface area contributed by atoms with Crippen molar-refractivity contribution in [2.24, 2.45) is 5.41 Å². The van der Waals surface area contributed by atoms with Gasteiger partial charge in [0.1, 0.15) is 0 Å². The average molecular weight is 298 g/mol. The normalized spacial score (nSPS) is 23.0. The second-order valence-electron chi connectivity index (χ2n) is 5.18. The Labute approximate surface area is 117 Å². The highest BCUT2D eigenvalue weighted by Crippen LogP contribution is 2.44. The van der Waals surface area contributed by atoms with Crippen molar-refractivity contribution in [3.8, 4) is 0 Å². The van der Waals surface area contributed by atoms with Crippen molar-refractivity contribution in [3.63, 3.8) is 0 Å². The Hall–Kier alpha value is -1.08.